The van der Waals surface area contributed by atoms with Gasteiger partial charge < -0.3 is 8.85 Å². The van der Waals surface area contributed by atoms with Crippen LogP contribution in [-0.4, -0.2) is 33.8 Å². The molecule has 1 aliphatic heterocycles. The Morgan fingerprint density at radius 1 is 0.853 bits per heavy atom. The molecular formula is C28H59NO3SSi. The predicted molar refractivity (Wildman–Crippen MR) is 153 cm³/mol. The lowest BCUT2D eigenvalue weighted by atomic mass is 10.0. The second kappa shape index (κ2) is 22.6. The van der Waals surface area contributed by atoms with Crippen LogP contribution in [0, 0.1) is 5.92 Å². The fraction of sp³-hybridized carbons (Fsp3) is 1.00. The first kappa shape index (κ1) is 32.4. The molecule has 0 aliphatic carbocycles. The van der Waals surface area contributed by atoms with Crippen molar-refractivity contribution in [2.75, 3.05) is 19.8 Å². The summed E-state index contributed by atoms with van der Waals surface area (Å²) in [5, 5.41) is 0.389. The van der Waals surface area contributed by atoms with Crippen LogP contribution in [0.25, 0.3) is 0 Å². The zero-order valence-electron chi connectivity index (χ0n) is 23.1. The highest BCUT2D eigenvalue weighted by Crippen LogP contribution is 2.24. The van der Waals surface area contributed by atoms with Crippen LogP contribution in [0.2, 0.25) is 6.04 Å². The molecule has 0 amide bonds. The van der Waals surface area contributed by atoms with E-state index < -0.39 is 8.80 Å². The Morgan fingerprint density at radius 3 is 1.91 bits per heavy atom. The summed E-state index contributed by atoms with van der Waals surface area (Å²) in [7, 11) is -2.64. The topological polar surface area (TPSA) is 39.7 Å². The van der Waals surface area contributed by atoms with E-state index in [2.05, 4.69) is 38.9 Å². The molecule has 1 aliphatic rings. The van der Waals surface area contributed by atoms with Crippen molar-refractivity contribution >= 4 is 21.4 Å². The summed E-state index contributed by atoms with van der Waals surface area (Å²) in [4.78, 5) is 0. The molecule has 34 heavy (non-hydrogen) atoms. The first-order chi connectivity index (χ1) is 16.6. The molecule has 6 heteroatoms. The number of nitrogens with one attached hydrogen (secondary N) is 1. The second-order valence-electron chi connectivity index (χ2n) is 10.6. The normalized spacial score (nSPS) is 22.4. The van der Waals surface area contributed by atoms with E-state index in [0.29, 0.717) is 11.2 Å². The van der Waals surface area contributed by atoms with Crippen LogP contribution >= 0.6 is 12.6 Å². The van der Waals surface area contributed by atoms with E-state index in [1.807, 2.05) is 0 Å². The third-order valence-electron chi connectivity index (χ3n) is 7.17. The first-order valence-electron chi connectivity index (χ1n) is 15.0. The molecule has 0 saturated carbocycles. The van der Waals surface area contributed by atoms with Crippen molar-refractivity contribution in [2.45, 2.75) is 154 Å². The zero-order chi connectivity index (χ0) is 24.7. The van der Waals surface area contributed by atoms with Crippen LogP contribution in [0.1, 0.15) is 143 Å². The number of unbranched alkanes of at least 4 members (excludes halogenated alkanes) is 15. The van der Waals surface area contributed by atoms with Gasteiger partial charge in [0, 0.05) is 31.1 Å². The summed E-state index contributed by atoms with van der Waals surface area (Å²) < 4.78 is 18.7. The Hall–Kier alpha value is 0.407. The molecule has 0 aromatic carbocycles. The van der Waals surface area contributed by atoms with Crippen LogP contribution in [-0.2, 0) is 13.4 Å². The predicted octanol–water partition coefficient (Wildman–Crippen LogP) is 8.88. The molecule has 4 nitrogen and oxygen atoms in total. The zero-order valence-corrected chi connectivity index (χ0v) is 25.0. The van der Waals surface area contributed by atoms with Gasteiger partial charge in [-0.3, -0.25) is 4.53 Å². The summed E-state index contributed by atoms with van der Waals surface area (Å²) in [5.41, 5.74) is 3.16. The summed E-state index contributed by atoms with van der Waals surface area (Å²) in [6.45, 7) is 9.08. The van der Waals surface area contributed by atoms with Crippen molar-refractivity contribution in [3.05, 3.63) is 0 Å². The molecule has 1 heterocycles. The monoisotopic (exact) mass is 517 g/mol. The molecule has 0 spiro atoms. The standard InChI is InChI=1S/C28H59NO3SSi/c1-4-6-7-8-9-10-11-12-13-14-15-16-17-18-19-20-23-30-34(25-22-28(33)5-2)31-24-21-27(3)26-29-32-34/h27-29,33H,4-26H2,1-3H3. The van der Waals surface area contributed by atoms with Crippen LogP contribution in [0.5, 0.6) is 0 Å². The van der Waals surface area contributed by atoms with Gasteiger partial charge in [-0.15, -0.1) is 0 Å². The molecule has 1 saturated heterocycles. The Labute approximate surface area is 219 Å². The fourth-order valence-corrected chi connectivity index (χ4v) is 7.39. The van der Waals surface area contributed by atoms with E-state index in [0.717, 1.165) is 51.5 Å². The summed E-state index contributed by atoms with van der Waals surface area (Å²) in [6, 6.07) is 0.856. The van der Waals surface area contributed by atoms with Gasteiger partial charge in [0.15, 0.2) is 0 Å². The minimum Gasteiger partial charge on any atom is -0.373 e. The highest BCUT2D eigenvalue weighted by molar-refractivity contribution is 7.80. The quantitative estimate of drug-likeness (QED) is 0.0854. The van der Waals surface area contributed by atoms with Gasteiger partial charge in [-0.2, -0.15) is 12.6 Å². The Morgan fingerprint density at radius 2 is 1.38 bits per heavy atom. The van der Waals surface area contributed by atoms with E-state index in [1.165, 1.54) is 96.3 Å². The van der Waals surface area contributed by atoms with E-state index in [1.54, 1.807) is 0 Å². The van der Waals surface area contributed by atoms with Gasteiger partial charge in [0.1, 0.15) is 0 Å². The molecule has 204 valence electrons. The van der Waals surface area contributed by atoms with Crippen molar-refractivity contribution < 1.29 is 13.4 Å². The molecular weight excluding hydrogens is 458 g/mol. The average molecular weight is 518 g/mol. The maximum Gasteiger partial charge on any atom is 0.517 e. The molecule has 0 aromatic rings. The second-order valence-corrected chi connectivity index (χ2v) is 14.0. The smallest absolute Gasteiger partial charge is 0.373 e. The average Bonchev–Trinajstić information content (AvgIpc) is 2.83. The number of hydroxylamine groups is 1. The largest absolute Gasteiger partial charge is 0.517 e. The lowest BCUT2D eigenvalue weighted by Gasteiger charge is -2.33. The van der Waals surface area contributed by atoms with Crippen LogP contribution in [0.4, 0.5) is 0 Å². The van der Waals surface area contributed by atoms with E-state index in [-0.39, 0.29) is 0 Å². The molecule has 3 unspecified atom stereocenters. The maximum atomic E-state index is 6.35. The molecule has 1 N–H and O–H groups in total. The molecule has 0 bridgehead atoms. The first-order valence-corrected chi connectivity index (χ1v) is 17.4. The summed E-state index contributed by atoms with van der Waals surface area (Å²) in [6.07, 6.45) is 25.3. The molecule has 1 fully saturated rings. The van der Waals surface area contributed by atoms with Crippen molar-refractivity contribution in [2.24, 2.45) is 5.92 Å². The van der Waals surface area contributed by atoms with Gasteiger partial charge in [-0.05, 0) is 31.6 Å². The van der Waals surface area contributed by atoms with Crippen molar-refractivity contribution in [3.63, 3.8) is 0 Å². The van der Waals surface area contributed by atoms with E-state index in [9.17, 15) is 0 Å². The van der Waals surface area contributed by atoms with Crippen molar-refractivity contribution in [3.8, 4) is 0 Å². The highest BCUT2D eigenvalue weighted by Gasteiger charge is 2.43. The van der Waals surface area contributed by atoms with Crippen LogP contribution in [0.3, 0.4) is 0 Å². The van der Waals surface area contributed by atoms with Gasteiger partial charge in [0.2, 0.25) is 0 Å². The molecule has 0 aromatic heterocycles. The van der Waals surface area contributed by atoms with Gasteiger partial charge in [0.25, 0.3) is 0 Å². The van der Waals surface area contributed by atoms with Crippen LogP contribution < -0.4 is 5.48 Å². The third kappa shape index (κ3) is 17.8. The number of thiol groups is 1. The highest BCUT2D eigenvalue weighted by atomic mass is 32.1. The maximum absolute atomic E-state index is 6.35. The fourth-order valence-electron chi connectivity index (χ4n) is 4.53. The van der Waals surface area contributed by atoms with Crippen LogP contribution in [0.15, 0.2) is 0 Å². The minimum atomic E-state index is -2.64. The minimum absolute atomic E-state index is 0.389. The molecule has 1 rings (SSSR count). The Balaban J connectivity index is 2.03. The lowest BCUT2D eigenvalue weighted by molar-refractivity contribution is -0.00196. The third-order valence-corrected chi connectivity index (χ3v) is 10.4. The SMILES string of the molecule is CCCCCCCCCCCCCCCCCCO[Si]1(CCC(S)CC)OCCC(C)CNO1. The number of rotatable bonds is 22. The van der Waals surface area contributed by atoms with Gasteiger partial charge in [-0.1, -0.05) is 117 Å². The Kier molecular flexibility index (Phi) is 21.6. The number of hydrogen-bond donors (Lipinski definition) is 2. The van der Waals surface area contributed by atoms with Crippen molar-refractivity contribution in [1.29, 1.82) is 0 Å². The number of hydrogen-bond acceptors (Lipinski definition) is 5. The molecule has 0 radical (unpaired) electrons. The van der Waals surface area contributed by atoms with E-state index in [4.69, 9.17) is 13.4 Å². The van der Waals surface area contributed by atoms with Gasteiger partial charge >= 0.3 is 8.80 Å². The Bertz CT molecular complexity index is 434. The lowest BCUT2D eigenvalue weighted by Crippen LogP contribution is -2.52. The summed E-state index contributed by atoms with van der Waals surface area (Å²) in [5.74, 6) is 0.570. The van der Waals surface area contributed by atoms with Crippen molar-refractivity contribution in [1.82, 2.24) is 5.48 Å². The van der Waals surface area contributed by atoms with Gasteiger partial charge in [-0.25, -0.2) is 5.48 Å². The summed E-state index contributed by atoms with van der Waals surface area (Å²) >= 11 is 4.67. The van der Waals surface area contributed by atoms with E-state index >= 15 is 0 Å². The molecule has 3 atom stereocenters. The van der Waals surface area contributed by atoms with Gasteiger partial charge in [0.05, 0.1) is 0 Å².